The van der Waals surface area contributed by atoms with Crippen LogP contribution in [0.4, 0.5) is 0 Å². The minimum atomic E-state index is -1.24. The van der Waals surface area contributed by atoms with E-state index in [0.717, 1.165) is 38.4 Å². The molecule has 15 heteroatoms. The van der Waals surface area contributed by atoms with Gasteiger partial charge in [0.25, 0.3) is 0 Å². The Morgan fingerprint density at radius 1 is 0.530 bits per heavy atom. The molecular formula is C51H67N9O6. The summed E-state index contributed by atoms with van der Waals surface area (Å²) in [5, 5.41) is 17.0. The van der Waals surface area contributed by atoms with E-state index in [4.69, 9.17) is 17.2 Å². The summed E-state index contributed by atoms with van der Waals surface area (Å²) >= 11 is 0. The molecule has 5 aromatic rings. The summed E-state index contributed by atoms with van der Waals surface area (Å²) in [6.45, 7) is 8.08. The molecule has 6 amide bonds. The number of hydrogen-bond donors (Lipinski definition) is 9. The van der Waals surface area contributed by atoms with E-state index in [0.29, 0.717) is 32.2 Å². The van der Waals surface area contributed by atoms with Gasteiger partial charge in [0.15, 0.2) is 0 Å². The molecule has 0 bridgehead atoms. The first-order valence-electron chi connectivity index (χ1n) is 23.0. The van der Waals surface area contributed by atoms with Crippen LogP contribution in [0.15, 0.2) is 103 Å². The number of carbonyl (C=O) groups is 6. The third-order valence-electron chi connectivity index (χ3n) is 11.6. The third kappa shape index (κ3) is 14.7. The zero-order valence-electron chi connectivity index (χ0n) is 38.5. The number of aromatic amines is 1. The second kappa shape index (κ2) is 24.6. The molecule has 0 fully saturated rings. The van der Waals surface area contributed by atoms with Crippen LogP contribution in [0.1, 0.15) is 76.5 Å². The van der Waals surface area contributed by atoms with Crippen molar-refractivity contribution in [2.24, 2.45) is 29.0 Å². The maximum absolute atomic E-state index is 14.8. The fraction of sp³-hybridized carbons (Fsp3) is 0.412. The van der Waals surface area contributed by atoms with Crippen LogP contribution in [0.2, 0.25) is 0 Å². The number of nitrogens with one attached hydrogen (secondary N) is 6. The number of benzene rings is 4. The van der Waals surface area contributed by atoms with Gasteiger partial charge in [0, 0.05) is 36.4 Å². The number of rotatable bonds is 25. The second-order valence-corrected chi connectivity index (χ2v) is 18.0. The Bertz CT molecular complexity index is 2410. The van der Waals surface area contributed by atoms with Crippen LogP contribution < -0.4 is 43.8 Å². The molecule has 15 nitrogen and oxygen atoms in total. The first-order chi connectivity index (χ1) is 31.6. The number of aromatic nitrogens is 1. The number of fused-ring (bicyclic) bond motifs is 2. The summed E-state index contributed by atoms with van der Waals surface area (Å²) < 4.78 is 0. The zero-order chi connectivity index (χ0) is 47.8. The molecule has 0 aliphatic heterocycles. The average molecular weight is 902 g/mol. The number of carbonyl (C=O) groups excluding carboxylic acids is 6. The molecular weight excluding hydrogens is 835 g/mol. The Labute approximate surface area is 387 Å². The lowest BCUT2D eigenvalue weighted by Gasteiger charge is -2.28. The minimum Gasteiger partial charge on any atom is -0.368 e. The quantitative estimate of drug-likeness (QED) is 0.0389. The summed E-state index contributed by atoms with van der Waals surface area (Å²) in [5.41, 5.74) is 20.7. The van der Waals surface area contributed by atoms with Crippen LogP contribution in [0, 0.1) is 11.8 Å². The van der Waals surface area contributed by atoms with Gasteiger partial charge in [0.05, 0.1) is 6.04 Å². The van der Waals surface area contributed by atoms with Crippen LogP contribution in [0.25, 0.3) is 21.7 Å². The van der Waals surface area contributed by atoms with E-state index in [1.165, 1.54) is 0 Å². The number of para-hydroxylation sites is 1. The molecule has 0 saturated carbocycles. The van der Waals surface area contributed by atoms with Crippen molar-refractivity contribution in [3.8, 4) is 0 Å². The Morgan fingerprint density at radius 3 is 1.67 bits per heavy atom. The highest BCUT2D eigenvalue weighted by atomic mass is 16.2. The molecule has 0 unspecified atom stereocenters. The van der Waals surface area contributed by atoms with Gasteiger partial charge >= 0.3 is 0 Å². The van der Waals surface area contributed by atoms with Crippen molar-refractivity contribution in [1.29, 1.82) is 0 Å². The fourth-order valence-electron chi connectivity index (χ4n) is 8.12. The monoisotopic (exact) mass is 902 g/mol. The van der Waals surface area contributed by atoms with Gasteiger partial charge in [0.1, 0.15) is 30.2 Å². The smallest absolute Gasteiger partial charge is 0.243 e. The molecule has 0 saturated heterocycles. The van der Waals surface area contributed by atoms with Crippen LogP contribution in [-0.2, 0) is 48.0 Å². The molecule has 352 valence electrons. The van der Waals surface area contributed by atoms with E-state index in [1.54, 1.807) is 6.20 Å². The number of unbranched alkanes of at least 4 members (excludes halogenated alkanes) is 1. The number of H-pyrrole nitrogens is 1. The summed E-state index contributed by atoms with van der Waals surface area (Å²) in [7, 11) is 0. The molecule has 1 heterocycles. The third-order valence-corrected chi connectivity index (χ3v) is 11.6. The van der Waals surface area contributed by atoms with Gasteiger partial charge in [-0.1, -0.05) is 125 Å². The van der Waals surface area contributed by atoms with Crippen molar-refractivity contribution in [3.63, 3.8) is 0 Å². The summed E-state index contributed by atoms with van der Waals surface area (Å²) in [4.78, 5) is 87.0. The number of hydrogen-bond acceptors (Lipinski definition) is 8. The molecule has 0 radical (unpaired) electrons. The highest BCUT2D eigenvalue weighted by Crippen LogP contribution is 2.22. The van der Waals surface area contributed by atoms with E-state index < -0.39 is 71.7 Å². The van der Waals surface area contributed by atoms with E-state index in [9.17, 15) is 28.8 Å². The minimum absolute atomic E-state index is 0.0165. The zero-order valence-corrected chi connectivity index (χ0v) is 38.5. The van der Waals surface area contributed by atoms with E-state index in [-0.39, 0.29) is 37.5 Å². The SMILES string of the molecule is CC(C)C[C@H](NC(=O)[C@H](CC(C)C)NC(=O)[C@@H](Cc1c[nH]c2ccccc12)NC(=O)[C@@H](Cc1ccccc1)NC(=O)[C@@H](Cc1cccc2ccccc12)NC(=O)[C@@H](N)CCCCN)C(N)=O. The molecule has 0 spiro atoms. The van der Waals surface area contributed by atoms with Gasteiger partial charge in [-0.15, -0.1) is 0 Å². The highest BCUT2D eigenvalue weighted by molar-refractivity contribution is 5.97. The molecule has 4 aromatic carbocycles. The van der Waals surface area contributed by atoms with Crippen molar-refractivity contribution < 1.29 is 28.8 Å². The molecule has 1 aromatic heterocycles. The van der Waals surface area contributed by atoms with Gasteiger partial charge in [0.2, 0.25) is 35.4 Å². The molecule has 0 aliphatic carbocycles. The number of primary amides is 1. The van der Waals surface area contributed by atoms with Crippen molar-refractivity contribution in [3.05, 3.63) is 120 Å². The molecule has 12 N–H and O–H groups in total. The summed E-state index contributed by atoms with van der Waals surface area (Å²) in [6, 6.07) is 23.6. The maximum Gasteiger partial charge on any atom is 0.243 e. The van der Waals surface area contributed by atoms with Crippen molar-refractivity contribution >= 4 is 57.1 Å². The van der Waals surface area contributed by atoms with Gasteiger partial charge in [-0.25, -0.2) is 0 Å². The molecule has 66 heavy (non-hydrogen) atoms. The average Bonchev–Trinajstić information content (AvgIpc) is 3.70. The molecule has 5 rings (SSSR count). The number of amides is 6. The first kappa shape index (κ1) is 50.4. The standard InChI is InChI=1S/C51H67N9O6/c1-31(2)25-41(46(54)61)56-48(63)42(26-32(3)4)58-51(66)45(29-36-30-55-40-23-11-10-21-38(36)40)60-49(64)43(27-33-15-6-5-7-16-33)59-50(65)44(57-47(62)39(53)22-12-13-24-52)28-35-19-14-18-34-17-8-9-20-37(34)35/h5-11,14-21,23,30-32,39,41-45,55H,12-13,22,24-29,52-53H2,1-4H3,(H2,54,61)(H,56,63)(H,57,62)(H,58,66)(H,59,65)(H,60,64)/t39-,41-,42-,43+,44+,45+/m0/s1. The number of nitrogens with two attached hydrogens (primary N) is 3. The van der Waals surface area contributed by atoms with Crippen molar-refractivity contribution in [2.75, 3.05) is 6.54 Å². The predicted molar refractivity (Wildman–Crippen MR) is 258 cm³/mol. The van der Waals surface area contributed by atoms with Crippen LogP contribution in [0.5, 0.6) is 0 Å². The van der Waals surface area contributed by atoms with Gasteiger partial charge < -0.3 is 48.8 Å². The first-order valence-corrected chi connectivity index (χ1v) is 23.0. The maximum atomic E-state index is 14.8. The largest absolute Gasteiger partial charge is 0.368 e. The Morgan fingerprint density at radius 2 is 1.03 bits per heavy atom. The van der Waals surface area contributed by atoms with Crippen LogP contribution >= 0.6 is 0 Å². The summed E-state index contributed by atoms with van der Waals surface area (Å²) in [6.07, 6.45) is 4.14. The highest BCUT2D eigenvalue weighted by Gasteiger charge is 2.34. The summed E-state index contributed by atoms with van der Waals surface area (Å²) in [5.74, 6) is -3.72. The van der Waals surface area contributed by atoms with E-state index in [2.05, 4.69) is 31.6 Å². The second-order valence-electron chi connectivity index (χ2n) is 18.0. The lowest BCUT2D eigenvalue weighted by Crippen LogP contribution is -2.60. The van der Waals surface area contributed by atoms with Crippen LogP contribution in [-0.4, -0.2) is 83.2 Å². The normalized spacial score (nSPS) is 14.2. The van der Waals surface area contributed by atoms with Gasteiger partial charge in [-0.2, -0.15) is 0 Å². The van der Waals surface area contributed by atoms with E-state index >= 15 is 0 Å². The lowest BCUT2D eigenvalue weighted by molar-refractivity contribution is -0.135. The molecule has 6 atom stereocenters. The Balaban J connectivity index is 1.47. The van der Waals surface area contributed by atoms with E-state index in [1.807, 2.05) is 125 Å². The van der Waals surface area contributed by atoms with Gasteiger partial charge in [-0.3, -0.25) is 28.8 Å². The molecule has 0 aliphatic rings. The topological polar surface area (TPSA) is 256 Å². The van der Waals surface area contributed by atoms with Crippen molar-refractivity contribution in [1.82, 2.24) is 31.6 Å². The fourth-order valence-corrected chi connectivity index (χ4v) is 8.12. The Kier molecular flexibility index (Phi) is 18.8. The van der Waals surface area contributed by atoms with Gasteiger partial charge in [-0.05, 0) is 77.6 Å². The van der Waals surface area contributed by atoms with Crippen LogP contribution in [0.3, 0.4) is 0 Å². The van der Waals surface area contributed by atoms with Crippen molar-refractivity contribution in [2.45, 2.75) is 115 Å². The lowest BCUT2D eigenvalue weighted by atomic mass is 9.97. The Hall–Kier alpha value is -6.58. The predicted octanol–water partition coefficient (Wildman–Crippen LogP) is 3.81.